The molecule has 0 radical (unpaired) electrons. The van der Waals surface area contributed by atoms with E-state index in [-0.39, 0.29) is 28.0 Å². The van der Waals surface area contributed by atoms with Gasteiger partial charge < -0.3 is 14.2 Å². The minimum absolute atomic E-state index is 0.0281. The molecule has 2 aromatic carbocycles. The third-order valence-electron chi connectivity index (χ3n) is 3.87. The van der Waals surface area contributed by atoms with Crippen LogP contribution in [0.25, 0.3) is 5.69 Å². The Kier molecular flexibility index (Phi) is 5.69. The van der Waals surface area contributed by atoms with Crippen LogP contribution in [0.15, 0.2) is 53.5 Å². The summed E-state index contributed by atoms with van der Waals surface area (Å²) in [7, 11) is 2.71. The summed E-state index contributed by atoms with van der Waals surface area (Å²) in [6.45, 7) is 0. The van der Waals surface area contributed by atoms with Gasteiger partial charge in [0.2, 0.25) is 5.75 Å². The van der Waals surface area contributed by atoms with Crippen LogP contribution in [0.2, 0.25) is 5.02 Å². The number of methoxy groups -OCH3 is 2. The average molecular weight is 427 g/mol. The Morgan fingerprint density at radius 3 is 2.41 bits per heavy atom. The Hall–Kier alpha value is -3.20. The van der Waals surface area contributed by atoms with Gasteiger partial charge >= 0.3 is 11.7 Å². The van der Waals surface area contributed by atoms with Gasteiger partial charge in [-0.05, 0) is 30.3 Å². The molecule has 0 bridgehead atoms. The highest BCUT2D eigenvalue weighted by Crippen LogP contribution is 2.36. The van der Waals surface area contributed by atoms with E-state index in [2.05, 4.69) is 5.10 Å². The zero-order chi connectivity index (χ0) is 21.2. The molecule has 152 valence electrons. The van der Waals surface area contributed by atoms with Crippen molar-refractivity contribution in [2.24, 2.45) is 0 Å². The first-order valence-electron chi connectivity index (χ1n) is 8.10. The Morgan fingerprint density at radius 1 is 1.03 bits per heavy atom. The van der Waals surface area contributed by atoms with Gasteiger partial charge in [-0.2, -0.15) is 23.0 Å². The minimum atomic E-state index is -4.51. The van der Waals surface area contributed by atoms with Gasteiger partial charge in [-0.3, -0.25) is 4.79 Å². The fourth-order valence-electron chi connectivity index (χ4n) is 2.51. The lowest BCUT2D eigenvalue weighted by Crippen LogP contribution is -2.22. The maximum atomic E-state index is 12.8. The van der Waals surface area contributed by atoms with Gasteiger partial charge in [0, 0.05) is 6.07 Å². The highest BCUT2D eigenvalue weighted by molar-refractivity contribution is 6.32. The van der Waals surface area contributed by atoms with E-state index in [0.717, 1.165) is 22.9 Å². The summed E-state index contributed by atoms with van der Waals surface area (Å²) in [5.74, 6) is 0.425. The fraction of sp³-hybridized carbons (Fsp3) is 0.158. The molecule has 3 rings (SSSR count). The van der Waals surface area contributed by atoms with Crippen LogP contribution < -0.4 is 19.8 Å². The van der Waals surface area contributed by atoms with Crippen molar-refractivity contribution in [2.45, 2.75) is 6.18 Å². The lowest BCUT2D eigenvalue weighted by molar-refractivity contribution is -0.137. The van der Waals surface area contributed by atoms with Crippen molar-refractivity contribution < 1.29 is 27.4 Å². The predicted octanol–water partition coefficient (Wildman–Crippen LogP) is 4.71. The molecule has 1 aromatic heterocycles. The predicted molar refractivity (Wildman–Crippen MR) is 99.5 cm³/mol. The number of hydrogen-bond donors (Lipinski definition) is 0. The van der Waals surface area contributed by atoms with Crippen LogP contribution in [-0.2, 0) is 6.18 Å². The van der Waals surface area contributed by atoms with Gasteiger partial charge in [0.25, 0.3) is 0 Å². The molecular formula is C19H14ClF3N2O4. The van der Waals surface area contributed by atoms with E-state index < -0.39 is 17.3 Å². The molecule has 1 heterocycles. The van der Waals surface area contributed by atoms with Gasteiger partial charge in [-0.25, -0.2) is 0 Å². The zero-order valence-electron chi connectivity index (χ0n) is 15.2. The first kappa shape index (κ1) is 20.5. The van der Waals surface area contributed by atoms with Crippen LogP contribution in [0.1, 0.15) is 5.56 Å². The number of aromatic nitrogens is 2. The van der Waals surface area contributed by atoms with Crippen LogP contribution in [0.3, 0.4) is 0 Å². The molecule has 0 spiro atoms. The van der Waals surface area contributed by atoms with E-state index >= 15 is 0 Å². The van der Waals surface area contributed by atoms with Crippen LogP contribution in [0.5, 0.6) is 23.0 Å². The van der Waals surface area contributed by atoms with Crippen LogP contribution in [0, 0.1) is 0 Å². The first-order chi connectivity index (χ1) is 13.7. The lowest BCUT2D eigenvalue weighted by atomic mass is 10.2. The normalized spacial score (nSPS) is 11.2. The maximum Gasteiger partial charge on any atom is 0.416 e. The van der Waals surface area contributed by atoms with Gasteiger partial charge in [0.05, 0.1) is 36.7 Å². The van der Waals surface area contributed by atoms with E-state index in [9.17, 15) is 18.0 Å². The summed E-state index contributed by atoms with van der Waals surface area (Å²) in [6, 6.07) is 9.00. The Labute approximate surface area is 168 Å². The zero-order valence-corrected chi connectivity index (χ0v) is 15.9. The highest BCUT2D eigenvalue weighted by Gasteiger charge is 2.31. The lowest BCUT2D eigenvalue weighted by Gasteiger charge is -2.13. The van der Waals surface area contributed by atoms with Gasteiger partial charge in [-0.15, -0.1) is 0 Å². The van der Waals surface area contributed by atoms with Gasteiger partial charge in [-0.1, -0.05) is 17.7 Å². The number of ether oxygens (including phenoxy) is 3. The summed E-state index contributed by atoms with van der Waals surface area (Å²) in [4.78, 5) is 12.6. The van der Waals surface area contributed by atoms with E-state index in [1.807, 2.05) is 0 Å². The SMILES string of the molecule is COc1cnn(-c2cccc(Oc3ccc(C(F)(F)F)cc3Cl)c2)c(=O)c1OC. The average Bonchev–Trinajstić information content (AvgIpc) is 2.68. The van der Waals surface area contributed by atoms with Crippen molar-refractivity contribution in [1.29, 1.82) is 0 Å². The number of hydrogen-bond acceptors (Lipinski definition) is 5. The fourth-order valence-corrected chi connectivity index (χ4v) is 2.72. The topological polar surface area (TPSA) is 62.6 Å². The molecule has 0 fully saturated rings. The number of benzene rings is 2. The monoisotopic (exact) mass is 426 g/mol. The van der Waals surface area contributed by atoms with Crippen molar-refractivity contribution in [3.63, 3.8) is 0 Å². The molecule has 6 nitrogen and oxygen atoms in total. The van der Waals surface area contributed by atoms with Crippen molar-refractivity contribution in [3.05, 3.63) is 69.6 Å². The Morgan fingerprint density at radius 2 is 1.79 bits per heavy atom. The third kappa shape index (κ3) is 4.29. The molecule has 0 saturated heterocycles. The summed E-state index contributed by atoms with van der Waals surface area (Å²) >= 11 is 5.92. The van der Waals surface area contributed by atoms with E-state index in [0.29, 0.717) is 5.69 Å². The molecule has 0 saturated carbocycles. The molecule has 0 unspecified atom stereocenters. The summed E-state index contributed by atoms with van der Waals surface area (Å²) in [5.41, 5.74) is -1.10. The molecule has 10 heteroatoms. The van der Waals surface area contributed by atoms with Gasteiger partial charge in [0.1, 0.15) is 11.5 Å². The molecule has 0 N–H and O–H groups in total. The van der Waals surface area contributed by atoms with Crippen LogP contribution in [0.4, 0.5) is 13.2 Å². The first-order valence-corrected chi connectivity index (χ1v) is 8.47. The molecule has 29 heavy (non-hydrogen) atoms. The van der Waals surface area contributed by atoms with Crippen LogP contribution in [-0.4, -0.2) is 24.0 Å². The molecule has 0 atom stereocenters. The minimum Gasteiger partial charge on any atom is -0.491 e. The molecular weight excluding hydrogens is 413 g/mol. The summed E-state index contributed by atoms with van der Waals surface area (Å²) in [6.07, 6.45) is -3.19. The molecule has 3 aromatic rings. The largest absolute Gasteiger partial charge is 0.491 e. The highest BCUT2D eigenvalue weighted by atomic mass is 35.5. The third-order valence-corrected chi connectivity index (χ3v) is 4.17. The maximum absolute atomic E-state index is 12.8. The molecule has 0 aliphatic heterocycles. The number of rotatable bonds is 5. The quantitative estimate of drug-likeness (QED) is 0.591. The standard InChI is InChI=1S/C19H14ClF3N2O4/c1-27-16-10-24-25(18(26)17(16)28-2)12-4-3-5-13(9-12)29-15-7-6-11(8-14(15)20)19(21,22)23/h3-10H,1-2H3. The van der Waals surface area contributed by atoms with Gasteiger partial charge in [0.15, 0.2) is 5.75 Å². The van der Waals surface area contributed by atoms with E-state index in [1.54, 1.807) is 18.2 Å². The van der Waals surface area contributed by atoms with E-state index in [4.69, 9.17) is 25.8 Å². The van der Waals surface area contributed by atoms with Crippen molar-refractivity contribution >= 4 is 11.6 Å². The number of halogens is 4. The molecule has 0 aliphatic carbocycles. The summed E-state index contributed by atoms with van der Waals surface area (Å²) < 4.78 is 55.1. The smallest absolute Gasteiger partial charge is 0.416 e. The Bertz CT molecular complexity index is 1100. The summed E-state index contributed by atoms with van der Waals surface area (Å²) in [5, 5.41) is 3.82. The van der Waals surface area contributed by atoms with Crippen molar-refractivity contribution in [3.8, 4) is 28.7 Å². The molecule has 0 aliphatic rings. The number of nitrogens with zero attached hydrogens (tertiary/aromatic N) is 2. The molecule has 0 amide bonds. The second kappa shape index (κ2) is 8.04. The number of alkyl halides is 3. The van der Waals surface area contributed by atoms with Crippen molar-refractivity contribution in [2.75, 3.05) is 14.2 Å². The second-order valence-electron chi connectivity index (χ2n) is 5.71. The van der Waals surface area contributed by atoms with Crippen LogP contribution >= 0.6 is 11.6 Å². The Balaban J connectivity index is 1.95. The van der Waals surface area contributed by atoms with Crippen molar-refractivity contribution in [1.82, 2.24) is 9.78 Å². The second-order valence-corrected chi connectivity index (χ2v) is 6.11. The van der Waals surface area contributed by atoms with E-state index in [1.165, 1.54) is 26.5 Å².